The maximum atomic E-state index is 12.9. The number of methoxy groups -OCH3 is 1. The van der Waals surface area contributed by atoms with Crippen molar-refractivity contribution >= 4 is 34.3 Å². The number of anilines is 2. The van der Waals surface area contributed by atoms with E-state index in [1.165, 1.54) is 18.4 Å². The van der Waals surface area contributed by atoms with Gasteiger partial charge >= 0.3 is 5.97 Å². The van der Waals surface area contributed by atoms with Gasteiger partial charge in [0.25, 0.3) is 0 Å². The summed E-state index contributed by atoms with van der Waals surface area (Å²) in [5.74, 6) is 0.00500. The number of ether oxygens (including phenoxy) is 1. The average Bonchev–Trinajstić information content (AvgIpc) is 3.11. The van der Waals surface area contributed by atoms with Gasteiger partial charge in [-0.15, -0.1) is 11.3 Å². The summed E-state index contributed by atoms with van der Waals surface area (Å²) in [5.41, 5.74) is 2.11. The maximum absolute atomic E-state index is 12.9. The van der Waals surface area contributed by atoms with Gasteiger partial charge in [-0.05, 0) is 38.7 Å². The quantitative estimate of drug-likeness (QED) is 0.745. The average molecular weight is 418 g/mol. The second-order valence-electron chi connectivity index (χ2n) is 7.60. The van der Waals surface area contributed by atoms with Gasteiger partial charge in [-0.2, -0.15) is 0 Å². The first-order chi connectivity index (χ1) is 13.8. The summed E-state index contributed by atoms with van der Waals surface area (Å²) in [6.45, 7) is 9.23. The van der Waals surface area contributed by atoms with Crippen molar-refractivity contribution in [1.82, 2.24) is 15.0 Å². The number of amides is 1. The number of carbonyl (C=O) groups is 2. The van der Waals surface area contributed by atoms with E-state index < -0.39 is 5.97 Å². The molecule has 1 atom stereocenters. The predicted molar refractivity (Wildman–Crippen MR) is 113 cm³/mol. The number of nitrogens with zero attached hydrogens (tertiary/aromatic N) is 4. The molecule has 0 unspecified atom stereocenters. The third-order valence-corrected chi connectivity index (χ3v) is 6.10. The summed E-state index contributed by atoms with van der Waals surface area (Å²) in [6.07, 6.45) is 1.68. The molecule has 1 aliphatic heterocycles. The van der Waals surface area contributed by atoms with Crippen LogP contribution in [0, 0.1) is 19.8 Å². The Bertz CT molecular complexity index is 891. The smallest absolute Gasteiger partial charge is 0.357 e. The maximum Gasteiger partial charge on any atom is 0.357 e. The minimum absolute atomic E-state index is 0.0976. The van der Waals surface area contributed by atoms with Crippen LogP contribution in [0.5, 0.6) is 0 Å². The molecule has 2 aromatic rings. The number of esters is 1. The Morgan fingerprint density at radius 3 is 2.55 bits per heavy atom. The van der Waals surface area contributed by atoms with Gasteiger partial charge in [-0.3, -0.25) is 4.79 Å². The van der Waals surface area contributed by atoms with Gasteiger partial charge in [0.05, 0.1) is 13.0 Å². The van der Waals surface area contributed by atoms with Crippen molar-refractivity contribution in [1.29, 1.82) is 0 Å². The molecule has 0 aliphatic carbocycles. The second kappa shape index (κ2) is 8.86. The number of hydrogen-bond acceptors (Lipinski definition) is 8. The summed E-state index contributed by atoms with van der Waals surface area (Å²) in [4.78, 5) is 41.1. The van der Waals surface area contributed by atoms with Crippen LogP contribution in [0.1, 0.15) is 59.4 Å². The summed E-state index contributed by atoms with van der Waals surface area (Å²) >= 11 is 1.32. The number of nitrogens with one attached hydrogen (secondary N) is 1. The molecule has 1 amide bonds. The van der Waals surface area contributed by atoms with E-state index in [4.69, 9.17) is 4.74 Å². The summed E-state index contributed by atoms with van der Waals surface area (Å²) in [5, 5.41) is 3.32. The van der Waals surface area contributed by atoms with Crippen LogP contribution in [-0.2, 0) is 9.53 Å². The highest BCUT2D eigenvalue weighted by molar-refractivity contribution is 7.16. The Hall–Kier alpha value is -2.55. The van der Waals surface area contributed by atoms with Crippen molar-refractivity contribution in [3.05, 3.63) is 28.0 Å². The molecule has 0 saturated carbocycles. The number of hydrogen-bond donors (Lipinski definition) is 1. The molecule has 3 rings (SSSR count). The van der Waals surface area contributed by atoms with E-state index in [1.807, 2.05) is 33.8 Å². The SMILES string of the molecule is COC(=O)c1nc(NC(=O)[C@H]2CCCN(c3nc(C)cc(C)n3)C2)sc1C(C)C. The van der Waals surface area contributed by atoms with E-state index in [1.54, 1.807) is 0 Å². The predicted octanol–water partition coefficient (Wildman–Crippen LogP) is 3.32. The van der Waals surface area contributed by atoms with Crippen LogP contribution in [0.15, 0.2) is 6.07 Å². The molecule has 0 radical (unpaired) electrons. The standard InChI is InChI=1S/C20H27N5O3S/c1-11(2)16-15(18(27)28-5)23-20(29-16)24-17(26)14-7-6-8-25(10-14)19-21-12(3)9-13(4)22-19/h9,11,14H,6-8,10H2,1-5H3,(H,23,24,26)/t14-/m0/s1. The molecule has 8 nitrogen and oxygen atoms in total. The van der Waals surface area contributed by atoms with Crippen molar-refractivity contribution in [2.75, 3.05) is 30.4 Å². The molecule has 1 aliphatic rings. The Morgan fingerprint density at radius 1 is 1.24 bits per heavy atom. The van der Waals surface area contributed by atoms with Crippen LogP contribution in [-0.4, -0.2) is 47.0 Å². The van der Waals surface area contributed by atoms with Crippen LogP contribution in [0.4, 0.5) is 11.1 Å². The number of rotatable bonds is 5. The number of carbonyl (C=O) groups excluding carboxylic acids is 2. The van der Waals surface area contributed by atoms with Crippen molar-refractivity contribution < 1.29 is 14.3 Å². The third kappa shape index (κ3) is 4.90. The molecule has 0 bridgehead atoms. The molecule has 1 N–H and O–H groups in total. The zero-order chi connectivity index (χ0) is 21.1. The lowest BCUT2D eigenvalue weighted by Gasteiger charge is -2.32. The lowest BCUT2D eigenvalue weighted by Crippen LogP contribution is -2.41. The Labute approximate surface area is 174 Å². The molecule has 1 fully saturated rings. The van der Waals surface area contributed by atoms with Gasteiger partial charge in [0.1, 0.15) is 0 Å². The molecule has 0 aromatic carbocycles. The zero-order valence-electron chi connectivity index (χ0n) is 17.5. The number of thiazole rings is 1. The fraction of sp³-hybridized carbons (Fsp3) is 0.550. The topological polar surface area (TPSA) is 97.3 Å². The van der Waals surface area contributed by atoms with Crippen LogP contribution in [0.2, 0.25) is 0 Å². The number of aryl methyl sites for hydroxylation is 2. The Morgan fingerprint density at radius 2 is 1.93 bits per heavy atom. The van der Waals surface area contributed by atoms with Gasteiger partial charge in [0.15, 0.2) is 10.8 Å². The molecule has 29 heavy (non-hydrogen) atoms. The van der Waals surface area contributed by atoms with Gasteiger partial charge in [0.2, 0.25) is 11.9 Å². The molecule has 0 spiro atoms. The Balaban J connectivity index is 1.73. The van der Waals surface area contributed by atoms with Crippen molar-refractivity contribution in [3.63, 3.8) is 0 Å². The third-order valence-electron chi connectivity index (χ3n) is 4.83. The fourth-order valence-corrected chi connectivity index (χ4v) is 4.41. The largest absolute Gasteiger partial charge is 0.464 e. The van der Waals surface area contributed by atoms with Gasteiger partial charge in [0, 0.05) is 29.4 Å². The second-order valence-corrected chi connectivity index (χ2v) is 8.63. The monoisotopic (exact) mass is 417 g/mol. The van der Waals surface area contributed by atoms with E-state index >= 15 is 0 Å². The first-order valence-corrected chi connectivity index (χ1v) is 10.6. The highest BCUT2D eigenvalue weighted by Gasteiger charge is 2.29. The van der Waals surface area contributed by atoms with E-state index in [2.05, 4.69) is 25.2 Å². The highest BCUT2D eigenvalue weighted by Crippen LogP contribution is 2.31. The van der Waals surface area contributed by atoms with Crippen molar-refractivity contribution in [3.8, 4) is 0 Å². The summed E-state index contributed by atoms with van der Waals surface area (Å²) < 4.78 is 4.82. The van der Waals surface area contributed by atoms with Gasteiger partial charge in [-0.25, -0.2) is 19.7 Å². The van der Waals surface area contributed by atoms with Crippen molar-refractivity contribution in [2.45, 2.75) is 46.5 Å². The molecule has 3 heterocycles. The Kier molecular flexibility index (Phi) is 6.46. The van der Waals surface area contributed by atoms with Gasteiger partial charge < -0.3 is 15.0 Å². The summed E-state index contributed by atoms with van der Waals surface area (Å²) in [6, 6.07) is 1.94. The van der Waals surface area contributed by atoms with Crippen LogP contribution < -0.4 is 10.2 Å². The molecule has 9 heteroatoms. The van der Waals surface area contributed by atoms with E-state index in [0.717, 1.165) is 35.7 Å². The molecule has 2 aromatic heterocycles. The highest BCUT2D eigenvalue weighted by atomic mass is 32.1. The van der Waals surface area contributed by atoms with Crippen LogP contribution in [0.3, 0.4) is 0 Å². The number of piperidine rings is 1. The van der Waals surface area contributed by atoms with Crippen LogP contribution >= 0.6 is 11.3 Å². The lowest BCUT2D eigenvalue weighted by molar-refractivity contribution is -0.120. The van der Waals surface area contributed by atoms with E-state index in [0.29, 0.717) is 17.6 Å². The molecule has 1 saturated heterocycles. The number of aromatic nitrogens is 3. The first kappa shape index (κ1) is 21.2. The molecular formula is C20H27N5O3S. The lowest BCUT2D eigenvalue weighted by atomic mass is 9.97. The zero-order valence-corrected chi connectivity index (χ0v) is 18.3. The minimum atomic E-state index is -0.485. The molecule has 156 valence electrons. The first-order valence-electron chi connectivity index (χ1n) is 9.75. The van der Waals surface area contributed by atoms with E-state index in [9.17, 15) is 9.59 Å². The molecular weight excluding hydrogens is 390 g/mol. The summed E-state index contributed by atoms with van der Waals surface area (Å²) in [7, 11) is 1.33. The van der Waals surface area contributed by atoms with E-state index in [-0.39, 0.29) is 23.4 Å². The fourth-order valence-electron chi connectivity index (χ4n) is 3.45. The van der Waals surface area contributed by atoms with Crippen molar-refractivity contribution in [2.24, 2.45) is 5.92 Å². The normalized spacial score (nSPS) is 16.8. The van der Waals surface area contributed by atoms with Gasteiger partial charge in [-0.1, -0.05) is 13.8 Å². The van der Waals surface area contributed by atoms with Crippen LogP contribution in [0.25, 0.3) is 0 Å². The minimum Gasteiger partial charge on any atom is -0.464 e.